The predicted octanol–water partition coefficient (Wildman–Crippen LogP) is 2.58. The van der Waals surface area contributed by atoms with E-state index in [1.165, 1.54) is 11.1 Å². The van der Waals surface area contributed by atoms with Crippen molar-refractivity contribution in [2.75, 3.05) is 14.1 Å². The molecule has 0 spiro atoms. The number of benzene rings is 1. The zero-order chi connectivity index (χ0) is 11.4. The second-order valence-corrected chi connectivity index (χ2v) is 4.24. The Morgan fingerprint density at radius 1 is 1.33 bits per heavy atom. The van der Waals surface area contributed by atoms with E-state index in [1.54, 1.807) is 6.92 Å². The summed E-state index contributed by atoms with van der Waals surface area (Å²) >= 11 is 0. The highest BCUT2D eigenvalue weighted by Gasteiger charge is 2.17. The van der Waals surface area contributed by atoms with Crippen LogP contribution in [0.3, 0.4) is 0 Å². The smallest absolute Gasteiger partial charge is 0.131 e. The number of nitrogens with zero attached hydrogens (tertiary/aromatic N) is 1. The van der Waals surface area contributed by atoms with Crippen LogP contribution in [0.5, 0.6) is 0 Å². The molecular formula is C13H19NO. The van der Waals surface area contributed by atoms with E-state index >= 15 is 0 Å². The summed E-state index contributed by atoms with van der Waals surface area (Å²) in [5.41, 5.74) is 2.50. The molecule has 1 atom stereocenters. The highest BCUT2D eigenvalue weighted by molar-refractivity contribution is 5.76. The lowest BCUT2D eigenvalue weighted by Gasteiger charge is -2.25. The summed E-state index contributed by atoms with van der Waals surface area (Å²) in [6.07, 6.45) is 0.581. The quantitative estimate of drug-likeness (QED) is 0.753. The van der Waals surface area contributed by atoms with Crippen LogP contribution in [0, 0.1) is 6.92 Å². The van der Waals surface area contributed by atoms with Gasteiger partial charge in [0.1, 0.15) is 5.78 Å². The van der Waals surface area contributed by atoms with Gasteiger partial charge in [0.2, 0.25) is 0 Å². The molecule has 1 unspecified atom stereocenters. The third-order valence-electron chi connectivity index (χ3n) is 2.65. The average Bonchev–Trinajstić information content (AvgIpc) is 2.15. The third-order valence-corrected chi connectivity index (χ3v) is 2.65. The van der Waals surface area contributed by atoms with Crippen molar-refractivity contribution < 1.29 is 4.79 Å². The Balaban J connectivity index is 2.99. The number of carbonyl (C=O) groups is 1. The normalized spacial score (nSPS) is 12.9. The lowest BCUT2D eigenvalue weighted by Crippen LogP contribution is -2.22. The van der Waals surface area contributed by atoms with Gasteiger partial charge < -0.3 is 4.90 Å². The number of aryl methyl sites for hydroxylation is 1. The standard InChI is InChI=1S/C13H19NO/c1-10-7-5-6-8-12(10)13(14(3)4)9-11(2)15/h5-8,13H,9H2,1-4H3. The van der Waals surface area contributed by atoms with Gasteiger partial charge in [-0.3, -0.25) is 4.79 Å². The number of carbonyl (C=O) groups excluding carboxylic acids is 1. The Hall–Kier alpha value is -1.15. The molecule has 1 aromatic rings. The van der Waals surface area contributed by atoms with Gasteiger partial charge in [0, 0.05) is 12.5 Å². The Kier molecular flexibility index (Phi) is 4.04. The topological polar surface area (TPSA) is 20.3 Å². The fraction of sp³-hybridized carbons (Fsp3) is 0.462. The average molecular weight is 205 g/mol. The molecule has 0 bridgehead atoms. The first kappa shape index (κ1) is 11.9. The van der Waals surface area contributed by atoms with Crippen molar-refractivity contribution in [1.82, 2.24) is 4.90 Å². The molecule has 0 saturated heterocycles. The summed E-state index contributed by atoms with van der Waals surface area (Å²) in [5.74, 6) is 0.233. The van der Waals surface area contributed by atoms with E-state index in [0.717, 1.165) is 0 Å². The minimum atomic E-state index is 0.198. The molecule has 0 heterocycles. The van der Waals surface area contributed by atoms with Crippen molar-refractivity contribution in [3.63, 3.8) is 0 Å². The molecule has 0 radical (unpaired) electrons. The number of hydrogen-bond acceptors (Lipinski definition) is 2. The van der Waals surface area contributed by atoms with Crippen LogP contribution in [0.15, 0.2) is 24.3 Å². The van der Waals surface area contributed by atoms with Crippen LogP contribution in [0.1, 0.15) is 30.5 Å². The van der Waals surface area contributed by atoms with Crippen LogP contribution in [-0.4, -0.2) is 24.8 Å². The Morgan fingerprint density at radius 3 is 2.40 bits per heavy atom. The molecule has 0 saturated carbocycles. The van der Waals surface area contributed by atoms with E-state index in [4.69, 9.17) is 0 Å². The fourth-order valence-electron chi connectivity index (χ4n) is 1.80. The molecule has 0 N–H and O–H groups in total. The largest absolute Gasteiger partial charge is 0.302 e. The summed E-state index contributed by atoms with van der Waals surface area (Å²) in [7, 11) is 4.03. The maximum absolute atomic E-state index is 11.2. The van der Waals surface area contributed by atoms with E-state index in [2.05, 4.69) is 24.0 Å². The summed E-state index contributed by atoms with van der Waals surface area (Å²) in [4.78, 5) is 13.3. The molecule has 0 aliphatic heterocycles. The minimum Gasteiger partial charge on any atom is -0.302 e. The predicted molar refractivity (Wildman–Crippen MR) is 62.9 cm³/mol. The lowest BCUT2D eigenvalue weighted by molar-refractivity contribution is -0.118. The zero-order valence-corrected chi connectivity index (χ0v) is 9.95. The Morgan fingerprint density at radius 2 is 1.93 bits per heavy atom. The molecule has 0 amide bonds. The van der Waals surface area contributed by atoms with Gasteiger partial charge in [-0.15, -0.1) is 0 Å². The van der Waals surface area contributed by atoms with Gasteiger partial charge in [-0.05, 0) is 39.1 Å². The van der Waals surface area contributed by atoms with Crippen LogP contribution >= 0.6 is 0 Å². The van der Waals surface area contributed by atoms with Crippen molar-refractivity contribution in [3.05, 3.63) is 35.4 Å². The molecule has 0 fully saturated rings. The highest BCUT2D eigenvalue weighted by Crippen LogP contribution is 2.24. The van der Waals surface area contributed by atoms with Crippen molar-refractivity contribution in [2.24, 2.45) is 0 Å². The van der Waals surface area contributed by atoms with Crippen molar-refractivity contribution in [2.45, 2.75) is 26.3 Å². The molecule has 2 heteroatoms. The number of ketones is 1. The summed E-state index contributed by atoms with van der Waals surface area (Å²) in [6.45, 7) is 3.74. The molecule has 15 heavy (non-hydrogen) atoms. The first-order valence-electron chi connectivity index (χ1n) is 5.23. The number of rotatable bonds is 4. The lowest BCUT2D eigenvalue weighted by atomic mass is 9.97. The second kappa shape index (κ2) is 5.08. The molecule has 0 aliphatic carbocycles. The van der Waals surface area contributed by atoms with Crippen LogP contribution in [0.2, 0.25) is 0 Å². The van der Waals surface area contributed by atoms with Gasteiger partial charge in [0.15, 0.2) is 0 Å². The van der Waals surface area contributed by atoms with Crippen molar-refractivity contribution in [1.29, 1.82) is 0 Å². The van der Waals surface area contributed by atoms with E-state index in [1.807, 2.05) is 26.2 Å². The third kappa shape index (κ3) is 3.17. The molecular weight excluding hydrogens is 186 g/mol. The van der Waals surface area contributed by atoms with Crippen molar-refractivity contribution in [3.8, 4) is 0 Å². The minimum absolute atomic E-state index is 0.198. The second-order valence-electron chi connectivity index (χ2n) is 4.24. The zero-order valence-electron chi connectivity index (χ0n) is 9.95. The Bertz CT molecular complexity index is 344. The van der Waals surface area contributed by atoms with Gasteiger partial charge in [-0.1, -0.05) is 24.3 Å². The monoisotopic (exact) mass is 205 g/mol. The highest BCUT2D eigenvalue weighted by atomic mass is 16.1. The van der Waals surface area contributed by atoms with Crippen molar-refractivity contribution >= 4 is 5.78 Å². The number of hydrogen-bond donors (Lipinski definition) is 0. The van der Waals surface area contributed by atoms with Crippen LogP contribution in [-0.2, 0) is 4.79 Å². The summed E-state index contributed by atoms with van der Waals surface area (Å²) in [5, 5.41) is 0. The van der Waals surface area contributed by atoms with E-state index in [9.17, 15) is 4.79 Å². The van der Waals surface area contributed by atoms with E-state index < -0.39 is 0 Å². The van der Waals surface area contributed by atoms with Crippen LogP contribution < -0.4 is 0 Å². The van der Waals surface area contributed by atoms with Gasteiger partial charge in [-0.2, -0.15) is 0 Å². The number of Topliss-reactive ketones (excluding diaryl/α,β-unsaturated/α-hetero) is 1. The van der Waals surface area contributed by atoms with E-state index in [0.29, 0.717) is 6.42 Å². The molecule has 82 valence electrons. The SMILES string of the molecule is CC(=O)CC(c1ccccc1C)N(C)C. The molecule has 0 aromatic heterocycles. The summed E-state index contributed by atoms with van der Waals surface area (Å²) < 4.78 is 0. The van der Waals surface area contributed by atoms with Gasteiger partial charge >= 0.3 is 0 Å². The first-order chi connectivity index (χ1) is 7.02. The molecule has 1 aromatic carbocycles. The van der Waals surface area contributed by atoms with Gasteiger partial charge in [0.25, 0.3) is 0 Å². The van der Waals surface area contributed by atoms with Gasteiger partial charge in [-0.25, -0.2) is 0 Å². The summed E-state index contributed by atoms with van der Waals surface area (Å²) in [6, 6.07) is 8.44. The Labute approximate surface area is 91.9 Å². The fourth-order valence-corrected chi connectivity index (χ4v) is 1.80. The maximum Gasteiger partial charge on any atom is 0.131 e. The van der Waals surface area contributed by atoms with Crippen LogP contribution in [0.4, 0.5) is 0 Å². The van der Waals surface area contributed by atoms with E-state index in [-0.39, 0.29) is 11.8 Å². The maximum atomic E-state index is 11.2. The van der Waals surface area contributed by atoms with Crippen LogP contribution in [0.25, 0.3) is 0 Å². The first-order valence-corrected chi connectivity index (χ1v) is 5.23. The van der Waals surface area contributed by atoms with Gasteiger partial charge in [0.05, 0.1) is 0 Å². The molecule has 2 nitrogen and oxygen atoms in total. The molecule has 1 rings (SSSR count). The molecule has 0 aliphatic rings.